The Morgan fingerprint density at radius 2 is 1.93 bits per heavy atom. The van der Waals surface area contributed by atoms with Crippen LogP contribution in [0.1, 0.15) is 11.8 Å². The minimum absolute atomic E-state index is 0.0287. The van der Waals surface area contributed by atoms with Crippen LogP contribution in [0.25, 0.3) is 11.2 Å². The molecule has 27 heavy (non-hydrogen) atoms. The second kappa shape index (κ2) is 7.08. The number of nitrogens with two attached hydrogens (primary N) is 1. The van der Waals surface area contributed by atoms with Gasteiger partial charge in [0.1, 0.15) is 24.9 Å². The highest BCUT2D eigenvalue weighted by atomic mass is 16.6. The van der Waals surface area contributed by atoms with Crippen LogP contribution in [0.15, 0.2) is 36.7 Å². The Hall–Kier alpha value is -2.79. The van der Waals surface area contributed by atoms with Gasteiger partial charge < -0.3 is 30.5 Å². The maximum atomic E-state index is 10.2. The predicted octanol–water partition coefficient (Wildman–Crippen LogP) is -0.401. The molecule has 2 aromatic heterocycles. The molecule has 5 N–H and O–H groups in total. The monoisotopic (exact) mass is 373 g/mol. The van der Waals surface area contributed by atoms with E-state index < -0.39 is 31.1 Å². The van der Waals surface area contributed by atoms with Crippen LogP contribution < -0.4 is 10.5 Å². The number of hydrogen-bond donors (Lipinski definition) is 4. The van der Waals surface area contributed by atoms with Crippen molar-refractivity contribution in [2.75, 3.05) is 12.3 Å². The molecule has 1 saturated heterocycles. The quantitative estimate of drug-likeness (QED) is 0.468. The van der Waals surface area contributed by atoms with Crippen LogP contribution in [-0.4, -0.2) is 59.8 Å². The van der Waals surface area contributed by atoms with Crippen LogP contribution in [0.3, 0.4) is 0 Å². The van der Waals surface area contributed by atoms with E-state index in [1.54, 1.807) is 0 Å². The van der Waals surface area contributed by atoms with E-state index >= 15 is 0 Å². The van der Waals surface area contributed by atoms with Gasteiger partial charge in [-0.25, -0.2) is 4.98 Å². The molecule has 0 spiro atoms. The number of benzene rings is 1. The summed E-state index contributed by atoms with van der Waals surface area (Å²) in [6.07, 6.45) is -2.97. The normalized spacial score (nSPS) is 25.1. The van der Waals surface area contributed by atoms with Crippen LogP contribution in [0, 0.1) is 0 Å². The van der Waals surface area contributed by atoms with Crippen molar-refractivity contribution in [3.63, 3.8) is 0 Å². The molecule has 0 amide bonds. The van der Waals surface area contributed by atoms with Crippen LogP contribution in [0.5, 0.6) is 5.88 Å². The second-order valence-electron chi connectivity index (χ2n) is 6.21. The van der Waals surface area contributed by atoms with Gasteiger partial charge in [-0.3, -0.25) is 4.57 Å². The van der Waals surface area contributed by atoms with Gasteiger partial charge in [0.05, 0.1) is 12.9 Å². The lowest BCUT2D eigenvalue weighted by molar-refractivity contribution is -0.0511. The summed E-state index contributed by atoms with van der Waals surface area (Å²) in [6.45, 7) is -0.156. The highest BCUT2D eigenvalue weighted by molar-refractivity contribution is 5.77. The maximum Gasteiger partial charge on any atom is 0.247 e. The summed E-state index contributed by atoms with van der Waals surface area (Å²) in [4.78, 5) is 12.5. The molecule has 10 nitrogen and oxygen atoms in total. The first-order valence-corrected chi connectivity index (χ1v) is 8.37. The van der Waals surface area contributed by atoms with Gasteiger partial charge in [0.2, 0.25) is 11.8 Å². The number of rotatable bonds is 5. The van der Waals surface area contributed by atoms with Crippen LogP contribution in [-0.2, 0) is 11.3 Å². The lowest BCUT2D eigenvalue weighted by Gasteiger charge is -2.16. The van der Waals surface area contributed by atoms with E-state index in [0.717, 1.165) is 5.56 Å². The number of fused-ring (bicyclic) bond motifs is 1. The average molecular weight is 373 g/mol. The van der Waals surface area contributed by atoms with Crippen molar-refractivity contribution >= 4 is 17.1 Å². The Morgan fingerprint density at radius 1 is 1.15 bits per heavy atom. The Kier molecular flexibility index (Phi) is 4.62. The van der Waals surface area contributed by atoms with Gasteiger partial charge in [-0.15, -0.1) is 0 Å². The third-order valence-corrected chi connectivity index (χ3v) is 4.42. The Labute approximate surface area is 153 Å². The molecule has 142 valence electrons. The predicted molar refractivity (Wildman–Crippen MR) is 93.5 cm³/mol. The molecule has 0 saturated carbocycles. The fourth-order valence-electron chi connectivity index (χ4n) is 3.03. The highest BCUT2D eigenvalue weighted by Gasteiger charge is 2.44. The lowest BCUT2D eigenvalue weighted by Crippen LogP contribution is -2.33. The number of hydrogen-bond acceptors (Lipinski definition) is 9. The van der Waals surface area contributed by atoms with E-state index in [-0.39, 0.29) is 18.4 Å². The molecule has 0 radical (unpaired) electrons. The van der Waals surface area contributed by atoms with Crippen molar-refractivity contribution < 1.29 is 24.8 Å². The van der Waals surface area contributed by atoms with Crippen LogP contribution in [0.4, 0.5) is 5.95 Å². The van der Waals surface area contributed by atoms with E-state index in [0.29, 0.717) is 11.2 Å². The number of nitrogens with zero attached hydrogens (tertiary/aromatic N) is 4. The first-order valence-electron chi connectivity index (χ1n) is 8.37. The summed E-state index contributed by atoms with van der Waals surface area (Å²) in [6, 6.07) is 9.55. The zero-order chi connectivity index (χ0) is 19.0. The maximum absolute atomic E-state index is 10.2. The third kappa shape index (κ3) is 3.19. The van der Waals surface area contributed by atoms with Crippen molar-refractivity contribution in [3.05, 3.63) is 42.2 Å². The molecule has 0 aliphatic carbocycles. The lowest BCUT2D eigenvalue weighted by atomic mass is 10.1. The first kappa shape index (κ1) is 17.6. The third-order valence-electron chi connectivity index (χ3n) is 4.42. The topological polar surface area (TPSA) is 149 Å². The Balaban J connectivity index is 1.66. The summed E-state index contributed by atoms with van der Waals surface area (Å²) < 4.78 is 12.7. The summed E-state index contributed by atoms with van der Waals surface area (Å²) in [5, 5.41) is 29.5. The molecular weight excluding hydrogens is 354 g/mol. The number of aliphatic hydroxyl groups excluding tert-OH is 3. The SMILES string of the molecule is Nc1nc(OCc2ccccc2)c2ncn([C@@H]3O[C@H](CO)[C@H](O)[C@@H]3O)c2n1. The van der Waals surface area contributed by atoms with Gasteiger partial charge >= 0.3 is 0 Å². The Bertz CT molecular complexity index is 934. The van der Waals surface area contributed by atoms with Gasteiger partial charge in [-0.05, 0) is 5.56 Å². The number of aliphatic hydroxyl groups is 3. The molecule has 4 atom stereocenters. The van der Waals surface area contributed by atoms with E-state index in [1.807, 2.05) is 30.3 Å². The fourth-order valence-corrected chi connectivity index (χ4v) is 3.03. The molecule has 0 bridgehead atoms. The molecular formula is C17H19N5O5. The summed E-state index contributed by atoms with van der Waals surface area (Å²) in [7, 11) is 0. The number of anilines is 1. The standard InChI is InChI=1S/C17H19N5O5/c18-17-20-14-11(15(21-17)26-7-9-4-2-1-3-5-9)19-8-22(14)16-13(25)12(24)10(6-23)27-16/h1-5,8,10,12-13,16,23-25H,6-7H2,(H2,18,20,21)/t10-,12+,13+,16-/m1/s1. The zero-order valence-corrected chi connectivity index (χ0v) is 14.2. The molecule has 1 aliphatic heterocycles. The van der Waals surface area contributed by atoms with E-state index in [9.17, 15) is 15.3 Å². The number of imidazole rings is 1. The number of aromatic nitrogens is 4. The number of nitrogen functional groups attached to an aromatic ring is 1. The van der Waals surface area contributed by atoms with Crippen LogP contribution in [0.2, 0.25) is 0 Å². The van der Waals surface area contributed by atoms with Gasteiger partial charge in [-0.1, -0.05) is 30.3 Å². The molecule has 1 aromatic carbocycles. The molecule has 0 unspecified atom stereocenters. The average Bonchev–Trinajstić information content (AvgIpc) is 3.22. The molecule has 3 aromatic rings. The van der Waals surface area contributed by atoms with E-state index in [2.05, 4.69) is 15.0 Å². The van der Waals surface area contributed by atoms with Crippen molar-refractivity contribution in [2.45, 2.75) is 31.1 Å². The van der Waals surface area contributed by atoms with Crippen molar-refractivity contribution in [2.24, 2.45) is 0 Å². The van der Waals surface area contributed by atoms with Crippen molar-refractivity contribution in [1.82, 2.24) is 19.5 Å². The number of ether oxygens (including phenoxy) is 2. The van der Waals surface area contributed by atoms with Gasteiger partial charge in [0.25, 0.3) is 0 Å². The van der Waals surface area contributed by atoms with Gasteiger partial charge in [-0.2, -0.15) is 9.97 Å². The van der Waals surface area contributed by atoms with E-state index in [1.165, 1.54) is 10.9 Å². The highest BCUT2D eigenvalue weighted by Crippen LogP contribution is 2.33. The smallest absolute Gasteiger partial charge is 0.247 e. The fraction of sp³-hybridized carbons (Fsp3) is 0.353. The molecule has 4 rings (SSSR count). The molecule has 10 heteroatoms. The summed E-state index contributed by atoms with van der Waals surface area (Å²) in [5.41, 5.74) is 7.39. The van der Waals surface area contributed by atoms with Crippen molar-refractivity contribution in [1.29, 1.82) is 0 Å². The van der Waals surface area contributed by atoms with Gasteiger partial charge in [0.15, 0.2) is 17.4 Å². The molecule has 3 heterocycles. The minimum Gasteiger partial charge on any atom is -0.471 e. The second-order valence-corrected chi connectivity index (χ2v) is 6.21. The molecule has 1 aliphatic rings. The van der Waals surface area contributed by atoms with Crippen molar-refractivity contribution in [3.8, 4) is 5.88 Å². The Morgan fingerprint density at radius 3 is 2.63 bits per heavy atom. The summed E-state index contributed by atoms with van der Waals surface area (Å²) >= 11 is 0. The van der Waals surface area contributed by atoms with Gasteiger partial charge in [0, 0.05) is 0 Å². The van der Waals surface area contributed by atoms with Crippen LogP contribution >= 0.6 is 0 Å². The zero-order valence-electron chi connectivity index (χ0n) is 14.2. The largest absolute Gasteiger partial charge is 0.471 e. The minimum atomic E-state index is -1.26. The summed E-state index contributed by atoms with van der Waals surface area (Å²) in [5.74, 6) is 0.172. The van der Waals surface area contributed by atoms with E-state index in [4.69, 9.17) is 15.2 Å². The first-order chi connectivity index (χ1) is 13.1. The molecule has 1 fully saturated rings.